The van der Waals surface area contributed by atoms with Crippen molar-refractivity contribution in [1.29, 1.82) is 0 Å². The largest absolute Gasteiger partial charge is 0.573 e. The minimum atomic E-state index is -4.83. The highest BCUT2D eigenvalue weighted by molar-refractivity contribution is 5.68. The van der Waals surface area contributed by atoms with E-state index in [1.54, 1.807) is 0 Å². The summed E-state index contributed by atoms with van der Waals surface area (Å²) >= 11 is 0. The molecule has 0 saturated heterocycles. The number of halogens is 11. The molecule has 0 amide bonds. The lowest BCUT2D eigenvalue weighted by atomic mass is 10.0. The standard InChI is InChI=1S/C17H14F5N3O2.C15H8F6N2O.C2H6/c1-16(18,19)14-7-24-15-23-6-11(8-25(14)15)13-4-3-12(27-17(20,21)22)5-10(13)9-26-2;16-14(17,18)12-7-22-13-6-3-10(8-23(12)13)9-1-4-11(5-2-9)24-15(19,20)21;1-2/h3-8H,9H2,1-2H3;1-8H;1-2H3. The fourth-order valence-corrected chi connectivity index (χ4v) is 4.87. The molecule has 0 bridgehead atoms. The number of pyridine rings is 1. The minimum Gasteiger partial charge on any atom is -0.406 e. The molecule has 6 rings (SSSR count). The molecule has 4 heterocycles. The number of methoxy groups -OCH3 is 1. The molecule has 2 aromatic carbocycles. The van der Waals surface area contributed by atoms with Gasteiger partial charge in [-0.3, -0.25) is 8.80 Å². The van der Waals surface area contributed by atoms with E-state index in [1.165, 1.54) is 62.1 Å². The van der Waals surface area contributed by atoms with Gasteiger partial charge in [0.25, 0.3) is 5.92 Å². The number of nitrogens with zero attached hydrogens (tertiary/aromatic N) is 5. The summed E-state index contributed by atoms with van der Waals surface area (Å²) in [6.07, 6.45) is -8.42. The normalized spacial score (nSPS) is 12.2. The monoisotopic (exact) mass is 763 g/mol. The molecule has 8 nitrogen and oxygen atoms in total. The lowest BCUT2D eigenvalue weighted by molar-refractivity contribution is -0.275. The summed E-state index contributed by atoms with van der Waals surface area (Å²) in [5.41, 5.74) is 0.927. The zero-order valence-electron chi connectivity index (χ0n) is 27.9. The van der Waals surface area contributed by atoms with Gasteiger partial charge in [-0.25, -0.2) is 15.0 Å². The zero-order chi connectivity index (χ0) is 39.4. The van der Waals surface area contributed by atoms with Crippen LogP contribution in [0.1, 0.15) is 37.7 Å². The van der Waals surface area contributed by atoms with Crippen LogP contribution in [0.25, 0.3) is 33.7 Å². The molecule has 0 atom stereocenters. The molecule has 0 aliphatic carbocycles. The summed E-state index contributed by atoms with van der Waals surface area (Å²) in [4.78, 5) is 11.5. The number of rotatable bonds is 7. The van der Waals surface area contributed by atoms with Gasteiger partial charge in [0.2, 0.25) is 5.78 Å². The third kappa shape index (κ3) is 10.3. The molecule has 0 aliphatic rings. The molecular weight excluding hydrogens is 735 g/mol. The topological polar surface area (TPSA) is 75.2 Å². The van der Waals surface area contributed by atoms with Gasteiger partial charge in [0, 0.05) is 38.2 Å². The van der Waals surface area contributed by atoms with Gasteiger partial charge in [0.15, 0.2) is 0 Å². The van der Waals surface area contributed by atoms with Crippen LogP contribution in [-0.4, -0.2) is 43.6 Å². The van der Waals surface area contributed by atoms with E-state index < -0.39 is 42.0 Å². The molecule has 0 N–H and O–H groups in total. The third-order valence-electron chi connectivity index (χ3n) is 6.95. The summed E-state index contributed by atoms with van der Waals surface area (Å²) in [5, 5.41) is 0. The number of ether oxygens (including phenoxy) is 3. The van der Waals surface area contributed by atoms with E-state index in [4.69, 9.17) is 4.74 Å². The maximum Gasteiger partial charge on any atom is 0.573 e. The van der Waals surface area contributed by atoms with Crippen molar-refractivity contribution in [3.63, 3.8) is 0 Å². The molecule has 4 aromatic heterocycles. The predicted octanol–water partition coefficient (Wildman–Crippen LogP) is 10.5. The Kier molecular flexibility index (Phi) is 11.9. The molecule has 0 spiro atoms. The number of imidazole rings is 2. The van der Waals surface area contributed by atoms with Crippen LogP contribution in [-0.2, 0) is 23.4 Å². The van der Waals surface area contributed by atoms with Crippen LogP contribution >= 0.6 is 0 Å². The molecule has 0 unspecified atom stereocenters. The highest BCUT2D eigenvalue weighted by Gasteiger charge is 2.35. The molecular formula is C34H28F11N5O3. The van der Waals surface area contributed by atoms with Gasteiger partial charge in [0.05, 0.1) is 19.0 Å². The Bertz CT molecular complexity index is 2130. The molecule has 0 aliphatic heterocycles. The van der Waals surface area contributed by atoms with E-state index in [-0.39, 0.29) is 23.7 Å². The zero-order valence-corrected chi connectivity index (χ0v) is 27.9. The van der Waals surface area contributed by atoms with Crippen LogP contribution in [0.2, 0.25) is 0 Å². The maximum absolute atomic E-state index is 13.7. The lowest BCUT2D eigenvalue weighted by Gasteiger charge is -2.14. The van der Waals surface area contributed by atoms with Crippen molar-refractivity contribution >= 4 is 11.4 Å². The minimum absolute atomic E-state index is 0.0108. The van der Waals surface area contributed by atoms with Crippen molar-refractivity contribution in [2.45, 2.75) is 52.2 Å². The van der Waals surface area contributed by atoms with Crippen LogP contribution in [0, 0.1) is 0 Å². The summed E-state index contributed by atoms with van der Waals surface area (Å²) in [6, 6.07) is 11.5. The first-order valence-corrected chi connectivity index (χ1v) is 15.2. The first kappa shape index (κ1) is 40.3. The Labute approximate surface area is 293 Å². The van der Waals surface area contributed by atoms with E-state index in [0.29, 0.717) is 27.8 Å². The number of alkyl halides is 11. The van der Waals surface area contributed by atoms with E-state index in [2.05, 4.69) is 24.4 Å². The number of hydrogen-bond donors (Lipinski definition) is 0. The van der Waals surface area contributed by atoms with Crippen LogP contribution in [0.4, 0.5) is 48.3 Å². The third-order valence-corrected chi connectivity index (χ3v) is 6.95. The SMILES string of the molecule is CC.COCc1cc(OC(F)(F)F)ccc1-c1cnc2ncc(C(C)(F)F)n2c1.FC(F)(F)Oc1ccc(-c2ccc3ncc(C(F)(F)F)n3c2)cc1. The number of fused-ring (bicyclic) bond motifs is 2. The molecule has 0 saturated carbocycles. The summed E-state index contributed by atoms with van der Waals surface area (Å²) < 4.78 is 155. The van der Waals surface area contributed by atoms with Gasteiger partial charge < -0.3 is 14.2 Å². The number of benzene rings is 2. The van der Waals surface area contributed by atoms with Crippen molar-refractivity contribution in [2.75, 3.05) is 7.11 Å². The van der Waals surface area contributed by atoms with E-state index in [9.17, 15) is 48.3 Å². The quantitative estimate of drug-likeness (QED) is 0.151. The Hall–Kier alpha value is -5.46. The molecule has 0 radical (unpaired) electrons. The lowest BCUT2D eigenvalue weighted by Crippen LogP contribution is -2.17. The Balaban J connectivity index is 0.000000228. The molecule has 6 aromatic rings. The van der Waals surface area contributed by atoms with Crippen LogP contribution in [0.5, 0.6) is 11.5 Å². The van der Waals surface area contributed by atoms with E-state index in [0.717, 1.165) is 46.3 Å². The molecule has 0 fully saturated rings. The van der Waals surface area contributed by atoms with Crippen molar-refractivity contribution in [3.8, 4) is 33.8 Å². The summed E-state index contributed by atoms with van der Waals surface area (Å²) in [7, 11) is 1.38. The Morgan fingerprint density at radius 3 is 1.74 bits per heavy atom. The van der Waals surface area contributed by atoms with Crippen molar-refractivity contribution < 1.29 is 62.5 Å². The van der Waals surface area contributed by atoms with E-state index in [1.807, 2.05) is 13.8 Å². The molecule has 284 valence electrons. The molecule has 53 heavy (non-hydrogen) atoms. The van der Waals surface area contributed by atoms with Gasteiger partial charge in [-0.2, -0.15) is 22.0 Å². The first-order chi connectivity index (χ1) is 24.7. The highest BCUT2D eigenvalue weighted by atomic mass is 19.4. The fraction of sp³-hybridized carbons (Fsp3) is 0.265. The van der Waals surface area contributed by atoms with Crippen LogP contribution in [0.15, 0.2) is 85.6 Å². The Morgan fingerprint density at radius 1 is 0.604 bits per heavy atom. The highest BCUT2D eigenvalue weighted by Crippen LogP contribution is 2.34. The Morgan fingerprint density at radius 2 is 1.15 bits per heavy atom. The number of aromatic nitrogens is 5. The van der Waals surface area contributed by atoms with Gasteiger partial charge in [-0.15, -0.1) is 26.3 Å². The van der Waals surface area contributed by atoms with Crippen molar-refractivity contribution in [2.24, 2.45) is 0 Å². The second-order valence-corrected chi connectivity index (χ2v) is 10.7. The second-order valence-electron chi connectivity index (χ2n) is 10.7. The van der Waals surface area contributed by atoms with Crippen LogP contribution in [0.3, 0.4) is 0 Å². The second kappa shape index (κ2) is 15.6. The number of hydrogen-bond acceptors (Lipinski definition) is 6. The van der Waals surface area contributed by atoms with Gasteiger partial charge in [0.1, 0.15) is 28.5 Å². The van der Waals surface area contributed by atoms with Crippen molar-refractivity contribution in [1.82, 2.24) is 23.8 Å². The van der Waals surface area contributed by atoms with Gasteiger partial charge >= 0.3 is 18.9 Å². The predicted molar refractivity (Wildman–Crippen MR) is 169 cm³/mol. The van der Waals surface area contributed by atoms with Gasteiger partial charge in [-0.05, 0) is 58.7 Å². The maximum atomic E-state index is 13.7. The summed E-state index contributed by atoms with van der Waals surface area (Å²) in [5.74, 6) is -3.87. The molecule has 19 heteroatoms. The fourth-order valence-electron chi connectivity index (χ4n) is 4.87. The summed E-state index contributed by atoms with van der Waals surface area (Å²) in [6.45, 7) is 4.73. The van der Waals surface area contributed by atoms with Crippen LogP contribution < -0.4 is 9.47 Å². The van der Waals surface area contributed by atoms with E-state index >= 15 is 0 Å². The average Bonchev–Trinajstić information content (AvgIpc) is 3.70. The first-order valence-electron chi connectivity index (χ1n) is 15.2. The smallest absolute Gasteiger partial charge is 0.406 e. The average molecular weight is 764 g/mol. The van der Waals surface area contributed by atoms with Gasteiger partial charge in [-0.1, -0.05) is 32.0 Å². The van der Waals surface area contributed by atoms with Crippen molar-refractivity contribution in [3.05, 3.63) is 103 Å².